The number of rotatable bonds is 9. The van der Waals surface area contributed by atoms with Crippen LogP contribution in [0.15, 0.2) is 29.2 Å². The highest BCUT2D eigenvalue weighted by atomic mass is 35.5. The van der Waals surface area contributed by atoms with Crippen LogP contribution in [0.1, 0.15) is 39.5 Å². The Morgan fingerprint density at radius 2 is 1.95 bits per heavy atom. The summed E-state index contributed by atoms with van der Waals surface area (Å²) >= 11 is 5.94. The third-order valence-electron chi connectivity index (χ3n) is 3.28. The van der Waals surface area contributed by atoms with E-state index in [2.05, 4.69) is 19.2 Å². The molecule has 1 aromatic rings. The summed E-state index contributed by atoms with van der Waals surface area (Å²) in [5, 5.41) is 3.56. The van der Waals surface area contributed by atoms with Crippen LogP contribution in [0, 0.1) is 0 Å². The van der Waals surface area contributed by atoms with Crippen molar-refractivity contribution in [2.45, 2.75) is 50.5 Å². The van der Waals surface area contributed by atoms with E-state index in [4.69, 9.17) is 11.6 Å². The monoisotopic (exact) mass is 317 g/mol. The molecule has 1 atom stereocenters. The minimum absolute atomic E-state index is 0.0782. The fraction of sp³-hybridized carbons (Fsp3) is 0.600. The van der Waals surface area contributed by atoms with Gasteiger partial charge in [-0.1, -0.05) is 49.9 Å². The molecule has 0 bridgehead atoms. The van der Waals surface area contributed by atoms with Crippen LogP contribution in [0.3, 0.4) is 0 Å². The summed E-state index contributed by atoms with van der Waals surface area (Å²) in [7, 11) is -3.31. The van der Waals surface area contributed by atoms with Crippen molar-refractivity contribution in [1.29, 1.82) is 0 Å². The van der Waals surface area contributed by atoms with Crippen molar-refractivity contribution in [2.24, 2.45) is 0 Å². The molecule has 0 aromatic heterocycles. The molecule has 0 saturated heterocycles. The van der Waals surface area contributed by atoms with E-state index in [0.717, 1.165) is 6.42 Å². The van der Waals surface area contributed by atoms with Gasteiger partial charge >= 0.3 is 0 Å². The number of hydrogen-bond donors (Lipinski definition) is 1. The van der Waals surface area contributed by atoms with Crippen LogP contribution in [0.5, 0.6) is 0 Å². The van der Waals surface area contributed by atoms with E-state index in [1.807, 2.05) is 0 Å². The maximum Gasteiger partial charge on any atom is 0.181 e. The zero-order valence-electron chi connectivity index (χ0n) is 12.2. The molecule has 1 unspecified atom stereocenters. The van der Waals surface area contributed by atoms with Gasteiger partial charge < -0.3 is 5.32 Å². The summed E-state index contributed by atoms with van der Waals surface area (Å²) in [6, 6.07) is 6.94. The standard InChI is InChI=1S/C15H24ClNO2S/c1-3-4-5-8-13(2)17-11-12-20(18,19)15-10-7-6-9-14(15)16/h6-7,9-10,13,17H,3-5,8,11-12H2,1-2H3. The topological polar surface area (TPSA) is 46.2 Å². The van der Waals surface area contributed by atoms with Crippen molar-refractivity contribution in [3.63, 3.8) is 0 Å². The van der Waals surface area contributed by atoms with Gasteiger partial charge in [0.1, 0.15) is 0 Å². The third-order valence-corrected chi connectivity index (χ3v) is 5.49. The highest BCUT2D eigenvalue weighted by Crippen LogP contribution is 2.21. The minimum Gasteiger partial charge on any atom is -0.313 e. The first-order valence-electron chi connectivity index (χ1n) is 7.18. The Morgan fingerprint density at radius 3 is 2.60 bits per heavy atom. The zero-order chi connectivity index (χ0) is 15.0. The molecule has 0 saturated carbocycles. The van der Waals surface area contributed by atoms with Gasteiger partial charge in [0, 0.05) is 12.6 Å². The Morgan fingerprint density at radius 1 is 1.25 bits per heavy atom. The van der Waals surface area contributed by atoms with Crippen molar-refractivity contribution in [3.8, 4) is 0 Å². The Kier molecular flexibility index (Phi) is 7.56. The number of sulfone groups is 1. The second-order valence-corrected chi connectivity index (χ2v) is 7.59. The van der Waals surface area contributed by atoms with E-state index in [1.165, 1.54) is 19.3 Å². The van der Waals surface area contributed by atoms with E-state index in [1.54, 1.807) is 24.3 Å². The molecule has 0 fully saturated rings. The lowest BCUT2D eigenvalue weighted by molar-refractivity contribution is 0.498. The first kappa shape index (κ1) is 17.5. The van der Waals surface area contributed by atoms with Gasteiger partial charge in [-0.25, -0.2) is 8.42 Å². The van der Waals surface area contributed by atoms with E-state index in [-0.39, 0.29) is 10.6 Å². The normalized spacial score (nSPS) is 13.3. The Balaban J connectivity index is 2.43. The molecule has 1 N–H and O–H groups in total. The van der Waals surface area contributed by atoms with Crippen molar-refractivity contribution in [3.05, 3.63) is 29.3 Å². The van der Waals surface area contributed by atoms with Crippen LogP contribution in [-0.2, 0) is 9.84 Å². The quantitative estimate of drug-likeness (QED) is 0.707. The molecule has 114 valence electrons. The van der Waals surface area contributed by atoms with Crippen LogP contribution in [-0.4, -0.2) is 26.8 Å². The summed E-state index contributed by atoms with van der Waals surface area (Å²) in [6.45, 7) is 4.73. The number of unbranched alkanes of at least 4 members (excludes halogenated alkanes) is 2. The molecule has 0 aliphatic carbocycles. The van der Waals surface area contributed by atoms with E-state index in [0.29, 0.717) is 17.6 Å². The lowest BCUT2D eigenvalue weighted by Crippen LogP contribution is -2.31. The largest absolute Gasteiger partial charge is 0.313 e. The summed E-state index contributed by atoms with van der Waals surface area (Å²) in [4.78, 5) is 0.224. The molecule has 1 rings (SSSR count). The van der Waals surface area contributed by atoms with Crippen molar-refractivity contribution < 1.29 is 8.42 Å². The average Bonchev–Trinajstić information content (AvgIpc) is 2.39. The first-order chi connectivity index (χ1) is 9.47. The lowest BCUT2D eigenvalue weighted by Gasteiger charge is -2.13. The van der Waals surface area contributed by atoms with Gasteiger partial charge in [0.05, 0.1) is 15.7 Å². The van der Waals surface area contributed by atoms with Gasteiger partial charge in [-0.2, -0.15) is 0 Å². The van der Waals surface area contributed by atoms with Gasteiger partial charge in [-0.15, -0.1) is 0 Å². The van der Waals surface area contributed by atoms with Crippen LogP contribution in [0.4, 0.5) is 0 Å². The summed E-state index contributed by atoms with van der Waals surface area (Å²) in [6.07, 6.45) is 4.69. The molecule has 0 radical (unpaired) electrons. The van der Waals surface area contributed by atoms with Crippen LogP contribution in [0.2, 0.25) is 5.02 Å². The van der Waals surface area contributed by atoms with E-state index < -0.39 is 9.84 Å². The zero-order valence-corrected chi connectivity index (χ0v) is 13.8. The SMILES string of the molecule is CCCCCC(C)NCCS(=O)(=O)c1ccccc1Cl. The average molecular weight is 318 g/mol. The third kappa shape index (κ3) is 5.81. The smallest absolute Gasteiger partial charge is 0.181 e. The maximum atomic E-state index is 12.2. The first-order valence-corrected chi connectivity index (χ1v) is 9.21. The highest BCUT2D eigenvalue weighted by Gasteiger charge is 2.17. The van der Waals surface area contributed by atoms with Gasteiger partial charge in [0.15, 0.2) is 9.84 Å². The Labute approximate surface area is 127 Å². The fourth-order valence-electron chi connectivity index (χ4n) is 2.05. The molecule has 20 heavy (non-hydrogen) atoms. The number of halogens is 1. The predicted molar refractivity (Wildman–Crippen MR) is 85.1 cm³/mol. The molecule has 1 aromatic carbocycles. The minimum atomic E-state index is -3.31. The summed E-state index contributed by atoms with van der Waals surface area (Å²) < 4.78 is 24.3. The van der Waals surface area contributed by atoms with Gasteiger partial charge in [-0.3, -0.25) is 0 Å². The summed E-state index contributed by atoms with van der Waals surface area (Å²) in [5.41, 5.74) is 0. The Bertz CT molecular complexity index is 502. The molecular formula is C15H24ClNO2S. The van der Waals surface area contributed by atoms with Crippen molar-refractivity contribution in [1.82, 2.24) is 5.32 Å². The second kappa shape index (κ2) is 8.65. The number of nitrogens with one attached hydrogen (secondary N) is 1. The van der Waals surface area contributed by atoms with Crippen LogP contribution < -0.4 is 5.32 Å². The highest BCUT2D eigenvalue weighted by molar-refractivity contribution is 7.91. The Hall–Kier alpha value is -0.580. The van der Waals surface area contributed by atoms with E-state index in [9.17, 15) is 8.42 Å². The molecular weight excluding hydrogens is 294 g/mol. The molecule has 0 amide bonds. The second-order valence-electron chi connectivity index (χ2n) is 5.10. The molecule has 0 heterocycles. The van der Waals surface area contributed by atoms with Crippen molar-refractivity contribution >= 4 is 21.4 Å². The van der Waals surface area contributed by atoms with E-state index >= 15 is 0 Å². The van der Waals surface area contributed by atoms with Crippen molar-refractivity contribution in [2.75, 3.05) is 12.3 Å². The van der Waals surface area contributed by atoms with Gasteiger partial charge in [-0.05, 0) is 25.5 Å². The maximum absolute atomic E-state index is 12.2. The molecule has 0 spiro atoms. The number of benzene rings is 1. The molecule has 5 heteroatoms. The van der Waals surface area contributed by atoms with Crippen LogP contribution >= 0.6 is 11.6 Å². The molecule has 3 nitrogen and oxygen atoms in total. The van der Waals surface area contributed by atoms with Gasteiger partial charge in [0.2, 0.25) is 0 Å². The van der Waals surface area contributed by atoms with Gasteiger partial charge in [0.25, 0.3) is 0 Å². The summed E-state index contributed by atoms with van der Waals surface area (Å²) in [5.74, 6) is 0.0782. The predicted octanol–water partition coefficient (Wildman–Crippen LogP) is 3.67. The lowest BCUT2D eigenvalue weighted by atomic mass is 10.1. The van der Waals surface area contributed by atoms with Crippen LogP contribution in [0.25, 0.3) is 0 Å². The molecule has 0 aliphatic heterocycles. The fourth-order valence-corrected chi connectivity index (χ4v) is 3.80. The molecule has 0 aliphatic rings. The number of hydrogen-bond acceptors (Lipinski definition) is 3.